The van der Waals surface area contributed by atoms with Crippen molar-refractivity contribution in [3.63, 3.8) is 0 Å². The van der Waals surface area contributed by atoms with E-state index in [0.29, 0.717) is 11.3 Å². The van der Waals surface area contributed by atoms with Gasteiger partial charge in [0.2, 0.25) is 0 Å². The van der Waals surface area contributed by atoms with Crippen molar-refractivity contribution in [3.8, 4) is 17.6 Å². The lowest BCUT2D eigenvalue weighted by molar-refractivity contribution is -0.132. The fraction of sp³-hybridized carbons (Fsp3) is 0.143. The van der Waals surface area contributed by atoms with E-state index < -0.39 is 5.97 Å². The third-order valence-electron chi connectivity index (χ3n) is 2.41. The standard InChI is InChI=1S/C14H13NO4/c1-9-6-10(7-12(19-2)13(9)16)4-3-5-11(8-15)14(17)18/h3-7,16H,1-2H3,(H,17,18)/b4-3+,11-5+. The van der Waals surface area contributed by atoms with Gasteiger partial charge in [0.05, 0.1) is 7.11 Å². The van der Waals surface area contributed by atoms with Gasteiger partial charge in [-0.15, -0.1) is 0 Å². The van der Waals surface area contributed by atoms with Crippen LogP contribution in [0.2, 0.25) is 0 Å². The van der Waals surface area contributed by atoms with E-state index in [9.17, 15) is 9.90 Å². The summed E-state index contributed by atoms with van der Waals surface area (Å²) < 4.78 is 5.01. The Morgan fingerprint density at radius 2 is 2.16 bits per heavy atom. The number of allylic oxidation sites excluding steroid dienone is 2. The number of aromatic hydroxyl groups is 1. The number of phenols is 1. The van der Waals surface area contributed by atoms with Gasteiger partial charge in [-0.2, -0.15) is 5.26 Å². The van der Waals surface area contributed by atoms with Gasteiger partial charge in [0, 0.05) is 0 Å². The number of ether oxygens (including phenoxy) is 1. The molecule has 5 nitrogen and oxygen atoms in total. The summed E-state index contributed by atoms with van der Waals surface area (Å²) in [5.41, 5.74) is 1.02. The Hall–Kier alpha value is -2.74. The largest absolute Gasteiger partial charge is 0.504 e. The Balaban J connectivity index is 3.04. The van der Waals surface area contributed by atoms with Crippen LogP contribution in [0.25, 0.3) is 6.08 Å². The van der Waals surface area contributed by atoms with E-state index in [0.717, 1.165) is 5.56 Å². The molecule has 0 aliphatic rings. The van der Waals surface area contributed by atoms with E-state index in [2.05, 4.69) is 0 Å². The third-order valence-corrected chi connectivity index (χ3v) is 2.41. The molecule has 0 aromatic heterocycles. The summed E-state index contributed by atoms with van der Waals surface area (Å²) in [5, 5.41) is 26.9. The Labute approximate surface area is 110 Å². The molecule has 1 rings (SSSR count). The molecule has 0 bridgehead atoms. The maximum Gasteiger partial charge on any atom is 0.346 e. The minimum atomic E-state index is -1.27. The molecule has 0 heterocycles. The molecule has 0 spiro atoms. The van der Waals surface area contributed by atoms with Crippen molar-refractivity contribution in [1.29, 1.82) is 5.26 Å². The molecule has 19 heavy (non-hydrogen) atoms. The quantitative estimate of drug-likeness (QED) is 0.491. The van der Waals surface area contributed by atoms with Crippen molar-refractivity contribution in [2.24, 2.45) is 0 Å². The van der Waals surface area contributed by atoms with Crippen molar-refractivity contribution in [1.82, 2.24) is 0 Å². The first-order valence-electron chi connectivity index (χ1n) is 5.39. The summed E-state index contributed by atoms with van der Waals surface area (Å²) in [5.74, 6) is -0.868. The second-order valence-corrected chi connectivity index (χ2v) is 3.75. The molecule has 1 aromatic rings. The zero-order valence-electron chi connectivity index (χ0n) is 10.5. The number of phenolic OH excluding ortho intramolecular Hbond substituents is 1. The second-order valence-electron chi connectivity index (χ2n) is 3.75. The lowest BCUT2D eigenvalue weighted by Crippen LogP contribution is -1.96. The summed E-state index contributed by atoms with van der Waals surface area (Å²) in [6.45, 7) is 1.73. The number of benzene rings is 1. The van der Waals surface area contributed by atoms with Gasteiger partial charge in [0.25, 0.3) is 0 Å². The Kier molecular flexibility index (Phi) is 4.72. The predicted molar refractivity (Wildman–Crippen MR) is 69.8 cm³/mol. The van der Waals surface area contributed by atoms with Gasteiger partial charge in [-0.3, -0.25) is 0 Å². The molecular formula is C14H13NO4. The van der Waals surface area contributed by atoms with E-state index in [1.54, 1.807) is 31.2 Å². The number of hydrogen-bond donors (Lipinski definition) is 2. The molecule has 0 fully saturated rings. The first-order valence-corrected chi connectivity index (χ1v) is 5.39. The summed E-state index contributed by atoms with van der Waals surface area (Å²) in [6.07, 6.45) is 4.28. The number of rotatable bonds is 4. The van der Waals surface area contributed by atoms with E-state index in [1.807, 2.05) is 0 Å². The molecular weight excluding hydrogens is 246 g/mol. The summed E-state index contributed by atoms with van der Waals surface area (Å²) >= 11 is 0. The number of aryl methyl sites for hydroxylation is 1. The summed E-state index contributed by atoms with van der Waals surface area (Å²) in [4.78, 5) is 10.6. The molecule has 0 amide bonds. The summed E-state index contributed by atoms with van der Waals surface area (Å²) in [6, 6.07) is 4.90. The molecule has 0 atom stereocenters. The highest BCUT2D eigenvalue weighted by Crippen LogP contribution is 2.31. The molecule has 0 saturated carbocycles. The number of carbonyl (C=O) groups is 1. The van der Waals surface area contributed by atoms with Gasteiger partial charge < -0.3 is 14.9 Å². The monoisotopic (exact) mass is 259 g/mol. The molecule has 98 valence electrons. The van der Waals surface area contributed by atoms with Crippen LogP contribution >= 0.6 is 0 Å². The lowest BCUT2D eigenvalue weighted by atomic mass is 10.1. The van der Waals surface area contributed by atoms with Gasteiger partial charge in [-0.1, -0.05) is 12.2 Å². The second kappa shape index (κ2) is 6.26. The van der Waals surface area contributed by atoms with Crippen LogP contribution in [0.5, 0.6) is 11.5 Å². The zero-order valence-corrected chi connectivity index (χ0v) is 10.5. The van der Waals surface area contributed by atoms with Crippen molar-refractivity contribution < 1.29 is 19.7 Å². The normalized spacial score (nSPS) is 11.3. The van der Waals surface area contributed by atoms with Crippen LogP contribution in [0.3, 0.4) is 0 Å². The first-order chi connectivity index (χ1) is 8.99. The zero-order chi connectivity index (χ0) is 14.4. The minimum absolute atomic E-state index is 0.0680. The highest BCUT2D eigenvalue weighted by molar-refractivity contribution is 5.91. The van der Waals surface area contributed by atoms with Crippen molar-refractivity contribution in [2.75, 3.05) is 7.11 Å². The van der Waals surface area contributed by atoms with Crippen LogP contribution in [0, 0.1) is 18.3 Å². The van der Waals surface area contributed by atoms with Crippen LogP contribution in [0.1, 0.15) is 11.1 Å². The first kappa shape index (κ1) is 14.3. The predicted octanol–water partition coefficient (Wildman–Crippen LogP) is 2.26. The van der Waals surface area contributed by atoms with Gasteiger partial charge in [0.1, 0.15) is 11.6 Å². The van der Waals surface area contributed by atoms with E-state index >= 15 is 0 Å². The van der Waals surface area contributed by atoms with Gasteiger partial charge in [-0.25, -0.2) is 4.79 Å². The molecule has 2 N–H and O–H groups in total. The Morgan fingerprint density at radius 3 is 2.68 bits per heavy atom. The van der Waals surface area contributed by atoms with E-state index in [4.69, 9.17) is 15.1 Å². The van der Waals surface area contributed by atoms with E-state index in [1.165, 1.54) is 19.3 Å². The number of hydrogen-bond acceptors (Lipinski definition) is 4. The average molecular weight is 259 g/mol. The molecule has 1 aromatic carbocycles. The van der Waals surface area contributed by atoms with Crippen molar-refractivity contribution >= 4 is 12.0 Å². The smallest absolute Gasteiger partial charge is 0.346 e. The molecule has 5 heteroatoms. The van der Waals surface area contributed by atoms with Gasteiger partial charge in [0.15, 0.2) is 11.5 Å². The van der Waals surface area contributed by atoms with Crippen LogP contribution in [-0.2, 0) is 4.79 Å². The van der Waals surface area contributed by atoms with Crippen molar-refractivity contribution in [3.05, 3.63) is 41.0 Å². The maximum absolute atomic E-state index is 10.6. The molecule has 0 aliphatic carbocycles. The Morgan fingerprint density at radius 1 is 1.47 bits per heavy atom. The van der Waals surface area contributed by atoms with Crippen LogP contribution in [0.4, 0.5) is 0 Å². The number of carboxylic acids is 1. The highest BCUT2D eigenvalue weighted by Gasteiger charge is 2.06. The number of nitrogens with zero attached hydrogens (tertiary/aromatic N) is 1. The number of aliphatic carboxylic acids is 1. The number of nitriles is 1. The molecule has 0 unspecified atom stereocenters. The third kappa shape index (κ3) is 3.61. The fourth-order valence-corrected chi connectivity index (χ4v) is 1.44. The van der Waals surface area contributed by atoms with Crippen molar-refractivity contribution in [2.45, 2.75) is 6.92 Å². The summed E-state index contributed by atoms with van der Waals surface area (Å²) in [7, 11) is 1.44. The van der Waals surface area contributed by atoms with E-state index in [-0.39, 0.29) is 11.3 Å². The molecule has 0 aliphatic heterocycles. The minimum Gasteiger partial charge on any atom is -0.504 e. The maximum atomic E-state index is 10.6. The topological polar surface area (TPSA) is 90.5 Å². The number of methoxy groups -OCH3 is 1. The Bertz CT molecular complexity index is 594. The van der Waals surface area contributed by atoms with Gasteiger partial charge >= 0.3 is 5.97 Å². The number of carboxylic acid groups (broad SMARTS) is 1. The highest BCUT2D eigenvalue weighted by atomic mass is 16.5. The fourth-order valence-electron chi connectivity index (χ4n) is 1.44. The van der Waals surface area contributed by atoms with Crippen LogP contribution in [0.15, 0.2) is 29.9 Å². The molecule has 0 saturated heterocycles. The lowest BCUT2D eigenvalue weighted by Gasteiger charge is -2.07. The van der Waals surface area contributed by atoms with Crippen LogP contribution in [-0.4, -0.2) is 23.3 Å². The van der Waals surface area contributed by atoms with Gasteiger partial charge in [-0.05, 0) is 36.3 Å². The molecule has 0 radical (unpaired) electrons. The SMILES string of the molecule is COc1cc(/C=C/C=C(\C#N)C(=O)O)cc(C)c1O. The van der Waals surface area contributed by atoms with Crippen LogP contribution < -0.4 is 4.74 Å². The average Bonchev–Trinajstić information content (AvgIpc) is 2.38.